The van der Waals surface area contributed by atoms with Crippen LogP contribution in [0.15, 0.2) is 0 Å². The molecule has 0 saturated carbocycles. The predicted molar refractivity (Wildman–Crippen MR) is 140 cm³/mol. The van der Waals surface area contributed by atoms with Crippen LogP contribution in [0.3, 0.4) is 0 Å². The van der Waals surface area contributed by atoms with Crippen LogP contribution in [0.5, 0.6) is 0 Å². The first-order valence-electron chi connectivity index (χ1n) is 11.8. The van der Waals surface area contributed by atoms with Gasteiger partial charge in [0.15, 0.2) is 0 Å². The van der Waals surface area contributed by atoms with E-state index >= 15 is 0 Å². The average Bonchev–Trinajstić information content (AvgIpc) is 2.67. The first-order chi connectivity index (χ1) is 14.4. The van der Waals surface area contributed by atoms with Crippen LogP contribution >= 0.6 is 12.4 Å². The van der Waals surface area contributed by atoms with Gasteiger partial charge in [-0.25, -0.2) is 9.59 Å². The van der Waals surface area contributed by atoms with E-state index in [1.54, 1.807) is 27.7 Å². The molecule has 190 valence electrons. The monoisotopic (exact) mass is 515 g/mol. The van der Waals surface area contributed by atoms with Crippen LogP contribution in [-0.4, -0.2) is 103 Å². The molecule has 0 aliphatic carbocycles. The summed E-state index contributed by atoms with van der Waals surface area (Å²) in [5, 5.41) is 0. The summed E-state index contributed by atoms with van der Waals surface area (Å²) in [7, 11) is 0. The molecule has 0 rings (SSSR count). The summed E-state index contributed by atoms with van der Waals surface area (Å²) < 4.78 is 20.4. The summed E-state index contributed by atoms with van der Waals surface area (Å²) in [4.78, 5) is 23.5. The van der Waals surface area contributed by atoms with Gasteiger partial charge >= 0.3 is 71.4 Å². The Morgan fingerprint density at radius 1 is 0.697 bits per heavy atom. The number of rotatable bonds is 17. The predicted octanol–water partition coefficient (Wildman–Crippen LogP) is 5.10. The molecule has 0 saturated heterocycles. The van der Waals surface area contributed by atoms with Crippen molar-refractivity contribution < 1.29 is 28.5 Å². The Morgan fingerprint density at radius 3 is 1.42 bits per heavy atom. The third-order valence-corrected chi connectivity index (χ3v) is 5.31. The number of hydrogen-bond donors (Lipinski definition) is 1. The molecule has 0 aromatic carbocycles. The van der Waals surface area contributed by atoms with Gasteiger partial charge in [0.05, 0.1) is 13.2 Å². The molecule has 0 heterocycles. The Morgan fingerprint density at radius 2 is 1.06 bits per heavy atom. The molecule has 7 nitrogen and oxygen atoms in total. The summed E-state index contributed by atoms with van der Waals surface area (Å²) in [6, 6.07) is -0.275. The molecular formula is C23H48ClNNa2O6. The van der Waals surface area contributed by atoms with E-state index in [2.05, 4.69) is 6.92 Å². The molecule has 0 fully saturated rings. The molecule has 0 radical (unpaired) electrons. The Labute approximate surface area is 252 Å². The van der Waals surface area contributed by atoms with E-state index in [0.717, 1.165) is 19.3 Å². The Hall–Kier alpha value is 0.790. The van der Waals surface area contributed by atoms with Crippen LogP contribution in [0.25, 0.3) is 0 Å². The van der Waals surface area contributed by atoms with Crippen molar-refractivity contribution in [3.63, 3.8) is 0 Å². The van der Waals surface area contributed by atoms with E-state index < -0.39 is 24.5 Å². The van der Waals surface area contributed by atoms with Gasteiger partial charge in [-0.3, -0.25) is 0 Å². The molecule has 0 bridgehead atoms. The number of unbranched alkanes of at least 4 members (excludes halogenated alkanes) is 8. The summed E-state index contributed by atoms with van der Waals surface area (Å²) in [5.41, 5.74) is 6.45. The molecule has 0 aromatic heterocycles. The van der Waals surface area contributed by atoms with Crippen LogP contribution < -0.4 is 5.73 Å². The summed E-state index contributed by atoms with van der Waals surface area (Å²) in [6.07, 6.45) is 9.30. The second kappa shape index (κ2) is 27.4. The van der Waals surface area contributed by atoms with Crippen molar-refractivity contribution in [1.29, 1.82) is 0 Å². The molecule has 3 atom stereocenters. The van der Waals surface area contributed by atoms with Crippen molar-refractivity contribution in [3.05, 3.63) is 0 Å². The molecule has 0 amide bonds. The number of carbonyl (C=O) groups is 2. The van der Waals surface area contributed by atoms with Crippen molar-refractivity contribution in [1.82, 2.24) is 0 Å². The third kappa shape index (κ3) is 21.8. The van der Waals surface area contributed by atoms with Crippen LogP contribution in [-0.2, 0) is 18.9 Å². The fourth-order valence-corrected chi connectivity index (χ4v) is 3.73. The number of carbonyl (C=O) groups excluding carboxylic acids is 2. The van der Waals surface area contributed by atoms with Gasteiger partial charge in [0, 0.05) is 12.0 Å². The minimum atomic E-state index is -0.742. The van der Waals surface area contributed by atoms with Crippen molar-refractivity contribution in [2.24, 2.45) is 11.7 Å². The average molecular weight is 516 g/mol. The second-order valence-electron chi connectivity index (χ2n) is 7.87. The Bertz CT molecular complexity index is 437. The summed E-state index contributed by atoms with van der Waals surface area (Å²) in [5.74, 6) is -0.354. The Kier molecular flexibility index (Phi) is 34.0. The molecule has 0 aromatic rings. The summed E-state index contributed by atoms with van der Waals surface area (Å²) >= 11 is 0. The van der Waals surface area contributed by atoms with Crippen LogP contribution in [0.2, 0.25) is 0 Å². The van der Waals surface area contributed by atoms with Gasteiger partial charge in [0.1, 0.15) is 12.2 Å². The number of halogens is 1. The zero-order valence-corrected chi connectivity index (χ0v) is 21.0. The molecule has 2 N–H and O–H groups in total. The molecule has 33 heavy (non-hydrogen) atoms. The fourth-order valence-electron chi connectivity index (χ4n) is 3.73. The van der Waals surface area contributed by atoms with Gasteiger partial charge < -0.3 is 24.7 Å². The van der Waals surface area contributed by atoms with Gasteiger partial charge in [-0.2, -0.15) is 0 Å². The van der Waals surface area contributed by atoms with Gasteiger partial charge in [-0.1, -0.05) is 64.7 Å². The molecule has 0 spiro atoms. The van der Waals surface area contributed by atoms with Crippen LogP contribution in [0.1, 0.15) is 98.8 Å². The quantitative estimate of drug-likeness (QED) is 0.163. The van der Waals surface area contributed by atoms with Crippen molar-refractivity contribution in [2.75, 3.05) is 13.2 Å². The normalized spacial score (nSPS) is 13.6. The molecular weight excluding hydrogens is 468 g/mol. The van der Waals surface area contributed by atoms with Gasteiger partial charge in [-0.05, 0) is 34.1 Å². The van der Waals surface area contributed by atoms with Gasteiger partial charge in [0.25, 0.3) is 0 Å². The number of hydrogen-bond acceptors (Lipinski definition) is 7. The van der Waals surface area contributed by atoms with Crippen molar-refractivity contribution in [3.8, 4) is 0 Å². The van der Waals surface area contributed by atoms with E-state index in [1.165, 1.54) is 44.9 Å². The van der Waals surface area contributed by atoms with Crippen molar-refractivity contribution >= 4 is 83.8 Å². The zero-order valence-electron chi connectivity index (χ0n) is 20.2. The second-order valence-corrected chi connectivity index (χ2v) is 7.87. The van der Waals surface area contributed by atoms with E-state index in [0.29, 0.717) is 0 Å². The molecule has 0 aliphatic heterocycles. The van der Waals surface area contributed by atoms with Gasteiger partial charge in [-0.15, -0.1) is 12.4 Å². The van der Waals surface area contributed by atoms with Crippen LogP contribution in [0.4, 0.5) is 9.59 Å². The number of nitrogens with two attached hydrogens (primary N) is 1. The third-order valence-electron chi connectivity index (χ3n) is 5.31. The topological polar surface area (TPSA) is 97.1 Å². The molecule has 10 heteroatoms. The fraction of sp³-hybridized carbons (Fsp3) is 0.913. The molecule has 3 unspecified atom stereocenters. The van der Waals surface area contributed by atoms with Gasteiger partial charge in [0.2, 0.25) is 0 Å². The van der Waals surface area contributed by atoms with Crippen molar-refractivity contribution in [2.45, 2.75) is 117 Å². The van der Waals surface area contributed by atoms with E-state index in [4.69, 9.17) is 24.7 Å². The first-order valence-corrected chi connectivity index (χ1v) is 11.8. The van der Waals surface area contributed by atoms with E-state index in [9.17, 15) is 9.59 Å². The summed E-state index contributed by atoms with van der Waals surface area (Å²) in [6.45, 7) is 9.63. The van der Waals surface area contributed by atoms with Crippen LogP contribution in [0, 0.1) is 5.92 Å². The van der Waals surface area contributed by atoms with E-state index in [-0.39, 0.29) is 96.7 Å². The SMILES string of the molecule is CCCCCCCCCCCC(N)C(C(C)OC(=O)OCC)C(C)OC(=O)OCC.Cl.[NaH].[NaH]. The standard InChI is InChI=1S/C23H45NO6.ClH.2Na.2H/c1-6-9-10-11-12-13-14-15-16-17-20(24)21(18(4)29-22(25)27-7-2)19(5)30-23(26)28-8-3;;;;;/h18-21H,6-17,24H2,1-5H3;1H;;;;. The first kappa shape index (κ1) is 40.9. The molecule has 0 aliphatic rings. The zero-order chi connectivity index (χ0) is 22.8. The number of ether oxygens (including phenoxy) is 4. The minimum absolute atomic E-state index is 0. The van der Waals surface area contributed by atoms with E-state index in [1.807, 2.05) is 0 Å². The Balaban J connectivity index is -0.00000140. The maximum absolute atomic E-state index is 11.7. The maximum atomic E-state index is 11.7.